The fourth-order valence-corrected chi connectivity index (χ4v) is 5.02. The summed E-state index contributed by atoms with van der Waals surface area (Å²) in [5.41, 5.74) is 2.20. The van der Waals surface area contributed by atoms with E-state index in [0.717, 1.165) is 33.8 Å². The van der Waals surface area contributed by atoms with Gasteiger partial charge in [-0.1, -0.05) is 35.2 Å². The Balaban J connectivity index is 1.39. The van der Waals surface area contributed by atoms with Crippen molar-refractivity contribution in [2.45, 2.75) is 17.4 Å². The second-order valence-corrected chi connectivity index (χ2v) is 7.90. The van der Waals surface area contributed by atoms with Crippen molar-refractivity contribution >= 4 is 35.1 Å². The van der Waals surface area contributed by atoms with Gasteiger partial charge in [0, 0.05) is 29.6 Å². The standard InChI is InChI=1S/C17H16ClN3S2/c18-14-5-3-12(4-6-14)2-1-9-22-17-16(19-23-20-17)15-11-21-8-7-13(15)10-21/h3-6,13,15H,7-11H2. The van der Waals surface area contributed by atoms with Gasteiger partial charge in [0.1, 0.15) is 5.03 Å². The minimum Gasteiger partial charge on any atom is -0.302 e. The van der Waals surface area contributed by atoms with E-state index in [0.29, 0.717) is 5.92 Å². The molecule has 2 bridgehead atoms. The lowest BCUT2D eigenvalue weighted by Crippen LogP contribution is -2.22. The predicted octanol–water partition coefficient (Wildman–Crippen LogP) is 3.75. The molecule has 3 atom stereocenters. The third-order valence-electron chi connectivity index (χ3n) is 4.52. The third kappa shape index (κ3) is 3.41. The van der Waals surface area contributed by atoms with Gasteiger partial charge in [0.15, 0.2) is 0 Å². The molecule has 3 heterocycles. The lowest BCUT2D eigenvalue weighted by atomic mass is 9.90. The molecule has 1 aromatic heterocycles. The molecule has 0 radical (unpaired) electrons. The largest absolute Gasteiger partial charge is 0.302 e. The number of halogens is 1. The molecule has 0 spiro atoms. The van der Waals surface area contributed by atoms with Gasteiger partial charge in [0.2, 0.25) is 0 Å². The second kappa shape index (κ2) is 6.82. The highest BCUT2D eigenvalue weighted by atomic mass is 35.5. The van der Waals surface area contributed by atoms with Gasteiger partial charge < -0.3 is 4.90 Å². The summed E-state index contributed by atoms with van der Waals surface area (Å²) in [6, 6.07) is 7.62. The first-order valence-electron chi connectivity index (χ1n) is 7.71. The van der Waals surface area contributed by atoms with Crippen LogP contribution in [0.3, 0.4) is 0 Å². The Morgan fingerprint density at radius 3 is 2.87 bits per heavy atom. The van der Waals surface area contributed by atoms with Crippen LogP contribution in [0.15, 0.2) is 29.3 Å². The minimum absolute atomic E-state index is 0.578. The van der Waals surface area contributed by atoms with E-state index in [1.54, 1.807) is 11.8 Å². The van der Waals surface area contributed by atoms with E-state index in [-0.39, 0.29) is 0 Å². The molecule has 0 aliphatic carbocycles. The summed E-state index contributed by atoms with van der Waals surface area (Å²) in [5, 5.41) is 1.82. The van der Waals surface area contributed by atoms with Crippen LogP contribution in [0.2, 0.25) is 5.02 Å². The monoisotopic (exact) mass is 361 g/mol. The molecule has 0 saturated carbocycles. The van der Waals surface area contributed by atoms with Crippen molar-refractivity contribution in [3.63, 3.8) is 0 Å². The van der Waals surface area contributed by atoms with Crippen LogP contribution in [-0.2, 0) is 0 Å². The van der Waals surface area contributed by atoms with Crippen LogP contribution in [-0.4, -0.2) is 39.0 Å². The van der Waals surface area contributed by atoms with E-state index in [1.165, 1.54) is 36.9 Å². The van der Waals surface area contributed by atoms with Crippen molar-refractivity contribution in [1.29, 1.82) is 0 Å². The smallest absolute Gasteiger partial charge is 0.134 e. The van der Waals surface area contributed by atoms with Crippen molar-refractivity contribution < 1.29 is 0 Å². The minimum atomic E-state index is 0.578. The van der Waals surface area contributed by atoms with Gasteiger partial charge in [0.25, 0.3) is 0 Å². The number of rotatable bonds is 3. The normalized spacial score (nSPS) is 25.3. The zero-order valence-corrected chi connectivity index (χ0v) is 14.9. The molecule has 2 saturated heterocycles. The zero-order chi connectivity index (χ0) is 15.6. The second-order valence-electron chi connectivity index (χ2n) is 5.97. The highest BCUT2D eigenvalue weighted by Crippen LogP contribution is 2.41. The summed E-state index contributed by atoms with van der Waals surface area (Å²) in [7, 11) is 0. The van der Waals surface area contributed by atoms with E-state index in [4.69, 9.17) is 11.6 Å². The van der Waals surface area contributed by atoms with E-state index in [9.17, 15) is 0 Å². The van der Waals surface area contributed by atoms with Gasteiger partial charge in [-0.3, -0.25) is 0 Å². The van der Waals surface area contributed by atoms with Gasteiger partial charge in [-0.25, -0.2) is 0 Å². The molecule has 2 fully saturated rings. The number of aromatic nitrogens is 2. The first kappa shape index (κ1) is 15.5. The Morgan fingerprint density at radius 2 is 2.13 bits per heavy atom. The van der Waals surface area contributed by atoms with Crippen LogP contribution in [0.25, 0.3) is 0 Å². The van der Waals surface area contributed by atoms with Crippen molar-refractivity contribution in [1.82, 2.24) is 13.6 Å². The summed E-state index contributed by atoms with van der Waals surface area (Å²) in [5.74, 6) is 8.47. The van der Waals surface area contributed by atoms with Gasteiger partial charge in [0.05, 0.1) is 23.2 Å². The lowest BCUT2D eigenvalue weighted by Gasteiger charge is -2.20. The summed E-state index contributed by atoms with van der Waals surface area (Å²) in [6.45, 7) is 3.65. The molecule has 2 aromatic rings. The van der Waals surface area contributed by atoms with Crippen molar-refractivity contribution in [3.05, 3.63) is 40.5 Å². The third-order valence-corrected chi connectivity index (χ3v) is 6.30. The van der Waals surface area contributed by atoms with E-state index in [2.05, 4.69) is 25.5 Å². The Hall–Kier alpha value is -1.06. The van der Waals surface area contributed by atoms with Crippen LogP contribution < -0.4 is 0 Å². The van der Waals surface area contributed by atoms with Gasteiger partial charge in [-0.15, -0.1) is 0 Å². The first-order chi connectivity index (χ1) is 11.3. The quantitative estimate of drug-likeness (QED) is 0.615. The molecule has 6 heteroatoms. The number of hydrogen-bond acceptors (Lipinski definition) is 5. The summed E-state index contributed by atoms with van der Waals surface area (Å²) < 4.78 is 9.07. The summed E-state index contributed by atoms with van der Waals surface area (Å²) >= 11 is 8.92. The topological polar surface area (TPSA) is 29.0 Å². The molecule has 118 valence electrons. The molecule has 3 unspecified atom stereocenters. The van der Waals surface area contributed by atoms with E-state index >= 15 is 0 Å². The molecule has 3 nitrogen and oxygen atoms in total. The maximum Gasteiger partial charge on any atom is 0.134 e. The van der Waals surface area contributed by atoms with Gasteiger partial charge >= 0.3 is 0 Å². The SMILES string of the molecule is Clc1ccc(C#CCSc2nsnc2C2CN3CCC2C3)cc1. The zero-order valence-electron chi connectivity index (χ0n) is 12.5. The highest BCUT2D eigenvalue weighted by molar-refractivity contribution is 7.99. The predicted molar refractivity (Wildman–Crippen MR) is 96.3 cm³/mol. The highest BCUT2D eigenvalue weighted by Gasteiger charge is 2.41. The molecule has 23 heavy (non-hydrogen) atoms. The van der Waals surface area contributed by atoms with E-state index < -0.39 is 0 Å². The van der Waals surface area contributed by atoms with Crippen LogP contribution in [0.1, 0.15) is 23.6 Å². The molecule has 2 aliphatic rings. The number of nitrogens with zero attached hydrogens (tertiary/aromatic N) is 3. The number of fused-ring (bicyclic) bond motifs is 2. The molecule has 2 aliphatic heterocycles. The Kier molecular flexibility index (Phi) is 4.59. The maximum atomic E-state index is 5.88. The lowest BCUT2D eigenvalue weighted by molar-refractivity contribution is 0.342. The van der Waals surface area contributed by atoms with Gasteiger partial charge in [-0.2, -0.15) is 8.75 Å². The average molecular weight is 362 g/mol. The number of hydrogen-bond donors (Lipinski definition) is 0. The first-order valence-corrected chi connectivity index (χ1v) is 9.81. The summed E-state index contributed by atoms with van der Waals surface area (Å²) in [4.78, 5) is 2.55. The number of piperidine rings is 1. The van der Waals surface area contributed by atoms with Crippen molar-refractivity contribution in [2.75, 3.05) is 25.4 Å². The molecular weight excluding hydrogens is 346 g/mol. The molecule has 0 amide bonds. The molecule has 1 aromatic carbocycles. The van der Waals surface area contributed by atoms with Crippen molar-refractivity contribution in [2.24, 2.45) is 5.92 Å². The average Bonchev–Trinajstić information content (AvgIpc) is 3.29. The van der Waals surface area contributed by atoms with Crippen molar-refractivity contribution in [3.8, 4) is 11.8 Å². The van der Waals surface area contributed by atoms with Gasteiger partial charge in [-0.05, 0) is 43.1 Å². The Labute approximate surface area is 149 Å². The number of thioether (sulfide) groups is 1. The van der Waals surface area contributed by atoms with E-state index in [1.807, 2.05) is 24.3 Å². The Bertz CT molecular complexity index is 747. The van der Waals surface area contributed by atoms with Crippen LogP contribution >= 0.6 is 35.1 Å². The maximum absolute atomic E-state index is 5.88. The van der Waals surface area contributed by atoms with Crippen LogP contribution in [0.4, 0.5) is 0 Å². The Morgan fingerprint density at radius 1 is 1.26 bits per heavy atom. The van der Waals surface area contributed by atoms with Crippen LogP contribution in [0.5, 0.6) is 0 Å². The number of benzene rings is 1. The molecular formula is C17H16ClN3S2. The fraction of sp³-hybridized carbons (Fsp3) is 0.412. The summed E-state index contributed by atoms with van der Waals surface area (Å²) in [6.07, 6.45) is 1.31. The fourth-order valence-electron chi connectivity index (χ4n) is 3.38. The molecule has 4 rings (SSSR count). The molecule has 0 N–H and O–H groups in total. The van der Waals surface area contributed by atoms with Crippen LogP contribution in [0, 0.1) is 17.8 Å².